The number of carbonyl (C=O) groups is 1. The molecule has 0 spiro atoms. The summed E-state index contributed by atoms with van der Waals surface area (Å²) in [6, 6.07) is 26.8. The molecule has 1 aliphatic rings. The van der Waals surface area contributed by atoms with Gasteiger partial charge in [-0.1, -0.05) is 78.3 Å². The lowest BCUT2D eigenvalue weighted by molar-refractivity contribution is 0.104. The van der Waals surface area contributed by atoms with E-state index >= 15 is 0 Å². The third-order valence-electron chi connectivity index (χ3n) is 5.46. The number of hydrogen-bond acceptors (Lipinski definition) is 2. The Morgan fingerprint density at radius 3 is 2.13 bits per heavy atom. The van der Waals surface area contributed by atoms with Gasteiger partial charge in [0.2, 0.25) is 0 Å². The van der Waals surface area contributed by atoms with E-state index < -0.39 is 0 Å². The van der Waals surface area contributed by atoms with Crippen LogP contribution >= 0.6 is 11.6 Å². The predicted octanol–water partition coefficient (Wildman–Crippen LogP) is 6.91. The molecule has 0 unspecified atom stereocenters. The molecule has 0 radical (unpaired) electrons. The molecule has 0 saturated heterocycles. The fraction of sp³-hybridized carbons (Fsp3) is 0. The molecule has 0 amide bonds. The van der Waals surface area contributed by atoms with Crippen LogP contribution in [0.2, 0.25) is 5.02 Å². The van der Waals surface area contributed by atoms with Gasteiger partial charge in [-0.05, 0) is 63.6 Å². The molecule has 0 bridgehead atoms. The van der Waals surface area contributed by atoms with E-state index in [0.717, 1.165) is 38.6 Å². The Kier molecular flexibility index (Phi) is 4.50. The Bertz CT molecular complexity index is 1360. The Labute approximate surface area is 179 Å². The topological polar surface area (TPSA) is 37.3 Å². The number of phenolic OH excluding ortho intramolecular Hbond substituents is 1. The molecule has 0 fully saturated rings. The van der Waals surface area contributed by atoms with Crippen molar-refractivity contribution in [2.24, 2.45) is 0 Å². The minimum Gasteiger partial charge on any atom is -0.507 e. The number of fused-ring (bicyclic) bond motifs is 2. The second-order valence-electron chi connectivity index (χ2n) is 7.22. The summed E-state index contributed by atoms with van der Waals surface area (Å²) >= 11 is 6.16. The van der Waals surface area contributed by atoms with Crippen LogP contribution in [-0.4, -0.2) is 10.9 Å². The number of aromatic hydroxyl groups is 1. The largest absolute Gasteiger partial charge is 0.507 e. The van der Waals surface area contributed by atoms with Gasteiger partial charge in [0.15, 0.2) is 5.78 Å². The molecule has 0 aromatic heterocycles. The summed E-state index contributed by atoms with van der Waals surface area (Å²) in [6.07, 6.45) is 3.51. The third kappa shape index (κ3) is 3.02. The lowest BCUT2D eigenvalue weighted by Gasteiger charge is -2.20. The van der Waals surface area contributed by atoms with Gasteiger partial charge < -0.3 is 5.11 Å². The number of phenols is 1. The number of hydrogen-bond donors (Lipinski definition) is 1. The van der Waals surface area contributed by atoms with Gasteiger partial charge in [0.05, 0.1) is 0 Å². The maximum atomic E-state index is 12.5. The first kappa shape index (κ1) is 18.4. The van der Waals surface area contributed by atoms with Crippen molar-refractivity contribution in [2.45, 2.75) is 0 Å². The quantitative estimate of drug-likeness (QED) is 0.391. The third-order valence-corrected chi connectivity index (χ3v) is 5.71. The van der Waals surface area contributed by atoms with Crippen LogP contribution in [0.5, 0.6) is 5.75 Å². The van der Waals surface area contributed by atoms with Crippen LogP contribution in [0.25, 0.3) is 21.9 Å². The lowest BCUT2D eigenvalue weighted by atomic mass is 9.82. The summed E-state index contributed by atoms with van der Waals surface area (Å²) < 4.78 is 0. The second-order valence-corrected chi connectivity index (χ2v) is 7.65. The molecule has 0 heterocycles. The van der Waals surface area contributed by atoms with Crippen molar-refractivity contribution in [3.05, 3.63) is 124 Å². The Hall–Kier alpha value is -3.62. The first-order valence-corrected chi connectivity index (χ1v) is 10.0. The number of rotatable bonds is 2. The number of benzene rings is 4. The summed E-state index contributed by atoms with van der Waals surface area (Å²) in [7, 11) is 0. The van der Waals surface area contributed by atoms with Crippen LogP contribution < -0.4 is 0 Å². The molecule has 0 aliphatic heterocycles. The minimum atomic E-state index is 0.000343. The van der Waals surface area contributed by atoms with Crippen LogP contribution in [-0.2, 0) is 0 Å². The summed E-state index contributed by atoms with van der Waals surface area (Å²) in [5, 5.41) is 12.8. The van der Waals surface area contributed by atoms with Crippen molar-refractivity contribution < 1.29 is 9.90 Å². The predicted molar refractivity (Wildman–Crippen MR) is 123 cm³/mol. The standard InChI is InChI=1S/C27H17ClO2/c28-18-11-9-17(10-12-18)27(23-13-15-25(29)21-7-3-1-5-19(21)23)24-14-16-26(30)22-8-4-2-6-20(22)24/h1-16,29H/b27-24+. The zero-order valence-electron chi connectivity index (χ0n) is 16.0. The average Bonchev–Trinajstić information content (AvgIpc) is 2.78. The number of ketones is 1. The summed E-state index contributed by atoms with van der Waals surface area (Å²) in [6.45, 7) is 0. The van der Waals surface area contributed by atoms with Gasteiger partial charge in [0.1, 0.15) is 5.75 Å². The highest BCUT2D eigenvalue weighted by molar-refractivity contribution is 6.30. The van der Waals surface area contributed by atoms with Crippen molar-refractivity contribution >= 4 is 39.3 Å². The highest BCUT2D eigenvalue weighted by atomic mass is 35.5. The van der Waals surface area contributed by atoms with Gasteiger partial charge in [-0.2, -0.15) is 0 Å². The van der Waals surface area contributed by atoms with E-state index in [9.17, 15) is 9.90 Å². The normalized spacial score (nSPS) is 14.6. The molecule has 4 aromatic carbocycles. The van der Waals surface area contributed by atoms with E-state index in [2.05, 4.69) is 0 Å². The molecule has 1 aliphatic carbocycles. The molecule has 1 N–H and O–H groups in total. The lowest BCUT2D eigenvalue weighted by Crippen LogP contribution is -2.06. The van der Waals surface area contributed by atoms with Crippen LogP contribution in [0.4, 0.5) is 0 Å². The SMILES string of the molecule is O=C1C=C/C(=C(/c2ccc(Cl)cc2)c2ccc(O)c3ccccc23)c2ccccc21. The van der Waals surface area contributed by atoms with Crippen LogP contribution in [0.15, 0.2) is 97.1 Å². The maximum Gasteiger partial charge on any atom is 0.186 e. The van der Waals surface area contributed by atoms with Crippen molar-refractivity contribution in [3.63, 3.8) is 0 Å². The summed E-state index contributed by atoms with van der Waals surface area (Å²) in [4.78, 5) is 12.5. The molecule has 30 heavy (non-hydrogen) atoms. The first-order chi connectivity index (χ1) is 14.6. The van der Waals surface area contributed by atoms with E-state index in [-0.39, 0.29) is 11.5 Å². The van der Waals surface area contributed by atoms with E-state index in [1.165, 1.54) is 0 Å². The fourth-order valence-electron chi connectivity index (χ4n) is 4.06. The van der Waals surface area contributed by atoms with E-state index in [4.69, 9.17) is 11.6 Å². The van der Waals surface area contributed by atoms with E-state index in [1.807, 2.05) is 84.9 Å². The Morgan fingerprint density at radius 2 is 1.37 bits per heavy atom. The zero-order chi connectivity index (χ0) is 20.7. The molecule has 5 rings (SSSR count). The van der Waals surface area contributed by atoms with Crippen LogP contribution in [0, 0.1) is 0 Å². The fourth-order valence-corrected chi connectivity index (χ4v) is 4.19. The van der Waals surface area contributed by atoms with Crippen molar-refractivity contribution in [2.75, 3.05) is 0 Å². The molecule has 4 aromatic rings. The van der Waals surface area contributed by atoms with Crippen LogP contribution in [0.3, 0.4) is 0 Å². The monoisotopic (exact) mass is 408 g/mol. The molecular weight excluding hydrogens is 392 g/mol. The Morgan fingerprint density at radius 1 is 0.700 bits per heavy atom. The smallest absolute Gasteiger partial charge is 0.186 e. The molecule has 0 saturated carbocycles. The van der Waals surface area contributed by atoms with Gasteiger partial charge in [-0.25, -0.2) is 0 Å². The summed E-state index contributed by atoms with van der Waals surface area (Å²) in [5.74, 6) is 0.241. The highest BCUT2D eigenvalue weighted by Gasteiger charge is 2.22. The number of halogens is 1. The van der Waals surface area contributed by atoms with Gasteiger partial charge in [0, 0.05) is 16.0 Å². The molecule has 144 valence electrons. The van der Waals surface area contributed by atoms with Gasteiger partial charge >= 0.3 is 0 Å². The Balaban J connectivity index is 1.91. The van der Waals surface area contributed by atoms with Gasteiger partial charge in [-0.15, -0.1) is 0 Å². The highest BCUT2D eigenvalue weighted by Crippen LogP contribution is 2.41. The minimum absolute atomic E-state index is 0.000343. The molecular formula is C27H17ClO2. The average molecular weight is 409 g/mol. The molecule has 0 atom stereocenters. The van der Waals surface area contributed by atoms with Crippen LogP contribution in [0.1, 0.15) is 27.0 Å². The number of allylic oxidation sites excluding steroid dienone is 3. The molecule has 2 nitrogen and oxygen atoms in total. The van der Waals surface area contributed by atoms with Crippen molar-refractivity contribution in [1.82, 2.24) is 0 Å². The number of carbonyl (C=O) groups excluding carboxylic acids is 1. The van der Waals surface area contributed by atoms with Gasteiger partial charge in [0.25, 0.3) is 0 Å². The summed E-state index contributed by atoms with van der Waals surface area (Å²) in [5.41, 5.74) is 5.49. The van der Waals surface area contributed by atoms with Crippen molar-refractivity contribution in [1.29, 1.82) is 0 Å². The van der Waals surface area contributed by atoms with Crippen molar-refractivity contribution in [3.8, 4) is 5.75 Å². The second kappa shape index (κ2) is 7.33. The van der Waals surface area contributed by atoms with Gasteiger partial charge in [-0.3, -0.25) is 4.79 Å². The van der Waals surface area contributed by atoms with E-state index in [0.29, 0.717) is 10.6 Å². The zero-order valence-corrected chi connectivity index (χ0v) is 16.7. The van der Waals surface area contributed by atoms with E-state index in [1.54, 1.807) is 12.1 Å². The first-order valence-electron chi connectivity index (χ1n) is 9.66. The maximum absolute atomic E-state index is 12.5. The molecule has 3 heteroatoms.